The van der Waals surface area contributed by atoms with Crippen molar-refractivity contribution in [3.05, 3.63) is 35.0 Å². The van der Waals surface area contributed by atoms with Crippen LogP contribution in [-0.4, -0.2) is 13.1 Å². The molecule has 0 aromatic carbocycles. The highest BCUT2D eigenvalue weighted by atomic mass is 32.1. The monoisotopic (exact) mass is 247 g/mol. The minimum absolute atomic E-state index is 0.769. The lowest BCUT2D eigenvalue weighted by molar-refractivity contribution is 0.463. The maximum absolute atomic E-state index is 3.79. The quantitative estimate of drug-likeness (QED) is 0.440. The van der Waals surface area contributed by atoms with Crippen LogP contribution in [0.2, 0.25) is 0 Å². The molecule has 0 spiro atoms. The molecular weight excluding hydrogens is 226 g/mol. The Morgan fingerprint density at radius 1 is 1.59 bits per heavy atom. The summed E-state index contributed by atoms with van der Waals surface area (Å²) in [4.78, 5) is 1.14. The van der Waals surface area contributed by atoms with E-state index in [1.54, 1.807) is 11.3 Å². The van der Waals surface area contributed by atoms with Gasteiger partial charge in [-0.25, -0.2) is 0 Å². The highest BCUT2D eigenvalue weighted by Crippen LogP contribution is 2.12. The van der Waals surface area contributed by atoms with E-state index in [-0.39, 0.29) is 0 Å². The van der Waals surface area contributed by atoms with Gasteiger partial charge in [0.15, 0.2) is 0 Å². The van der Waals surface area contributed by atoms with Crippen molar-refractivity contribution >= 4 is 11.3 Å². The van der Waals surface area contributed by atoms with E-state index in [2.05, 4.69) is 42.1 Å². The van der Waals surface area contributed by atoms with Crippen molar-refractivity contribution in [2.75, 3.05) is 13.1 Å². The van der Waals surface area contributed by atoms with Gasteiger partial charge in [-0.1, -0.05) is 37.3 Å². The average Bonchev–Trinajstić information content (AvgIpc) is 2.85. The van der Waals surface area contributed by atoms with Crippen molar-refractivity contribution < 1.29 is 0 Å². The van der Waals surface area contributed by atoms with E-state index in [0.29, 0.717) is 0 Å². The highest BCUT2D eigenvalue weighted by Gasteiger charge is 2.02. The highest BCUT2D eigenvalue weighted by molar-refractivity contribution is 7.10. The Kier molecular flexibility index (Phi) is 7.46. The maximum Gasteiger partial charge on any atom is 0.0768 e. The number of nitrogens with one attached hydrogen (secondary N) is 1. The first-order chi connectivity index (χ1) is 8.36. The normalized spacial score (nSPS) is 11.6. The van der Waals surface area contributed by atoms with Crippen molar-refractivity contribution in [1.29, 1.82) is 0 Å². The van der Waals surface area contributed by atoms with Crippen LogP contribution >= 0.6 is 11.3 Å². The lowest BCUT2D eigenvalue weighted by Crippen LogP contribution is -2.18. The Morgan fingerprint density at radius 3 is 3.12 bits per heavy atom. The first kappa shape index (κ1) is 14.0. The molecule has 0 saturated carbocycles. The van der Waals surface area contributed by atoms with Gasteiger partial charge in [-0.2, -0.15) is 0 Å². The molecular formula is C15H21NS. The summed E-state index contributed by atoms with van der Waals surface area (Å²) < 4.78 is 0. The third-order valence-corrected chi connectivity index (χ3v) is 3.54. The summed E-state index contributed by atoms with van der Waals surface area (Å²) in [5, 5.41) is 5.42. The van der Waals surface area contributed by atoms with Gasteiger partial charge in [-0.05, 0) is 36.8 Å². The molecule has 1 nitrogen and oxygen atoms in total. The molecule has 17 heavy (non-hydrogen) atoms. The van der Waals surface area contributed by atoms with Gasteiger partial charge >= 0.3 is 0 Å². The second-order valence-electron chi connectivity index (χ2n) is 4.04. The Labute approximate surface area is 109 Å². The van der Waals surface area contributed by atoms with Crippen LogP contribution in [0.4, 0.5) is 0 Å². The van der Waals surface area contributed by atoms with E-state index in [0.717, 1.165) is 30.3 Å². The predicted octanol–water partition coefficient (Wildman–Crippen LogP) is 3.68. The molecule has 0 fully saturated rings. The molecule has 0 saturated heterocycles. The maximum atomic E-state index is 3.79. The van der Waals surface area contributed by atoms with Crippen LogP contribution in [0.5, 0.6) is 0 Å². The summed E-state index contributed by atoms with van der Waals surface area (Å²) in [5.41, 5.74) is 0. The zero-order valence-corrected chi connectivity index (χ0v) is 11.4. The third kappa shape index (κ3) is 6.31. The molecule has 0 radical (unpaired) electrons. The Hall–Kier alpha value is -1.04. The van der Waals surface area contributed by atoms with E-state index in [4.69, 9.17) is 0 Å². The first-order valence-electron chi connectivity index (χ1n) is 6.20. The van der Waals surface area contributed by atoms with E-state index < -0.39 is 0 Å². The summed E-state index contributed by atoms with van der Waals surface area (Å²) in [6.07, 6.45) is 5.58. The minimum Gasteiger partial charge on any atom is -0.306 e. The molecule has 1 unspecified atom stereocenters. The molecule has 1 N–H and O–H groups in total. The predicted molar refractivity (Wildman–Crippen MR) is 77.3 cm³/mol. The standard InChI is InChI=1S/C15H21NS/c1-3-7-14(4-2)10-12-16-11-5-8-15-9-6-13-17-15/h3,6,9,13-14,16H,1,4,7,10-12H2,2H3. The van der Waals surface area contributed by atoms with Crippen LogP contribution in [0.15, 0.2) is 30.2 Å². The Balaban J connectivity index is 2.09. The molecule has 1 rings (SSSR count). The van der Waals surface area contributed by atoms with Crippen LogP contribution < -0.4 is 5.32 Å². The molecule has 0 bridgehead atoms. The van der Waals surface area contributed by atoms with Crippen LogP contribution in [0.25, 0.3) is 0 Å². The summed E-state index contributed by atoms with van der Waals surface area (Å²) >= 11 is 1.69. The summed E-state index contributed by atoms with van der Waals surface area (Å²) in [5.74, 6) is 7.05. The molecule has 0 aliphatic rings. The SMILES string of the molecule is C=CCC(CC)CCNCC#Cc1cccs1. The van der Waals surface area contributed by atoms with Crippen molar-refractivity contribution in [2.45, 2.75) is 26.2 Å². The van der Waals surface area contributed by atoms with Crippen LogP contribution in [0.3, 0.4) is 0 Å². The van der Waals surface area contributed by atoms with E-state index in [1.165, 1.54) is 12.8 Å². The molecule has 1 atom stereocenters. The van der Waals surface area contributed by atoms with Crippen LogP contribution in [-0.2, 0) is 0 Å². The largest absolute Gasteiger partial charge is 0.306 e. The molecule has 0 amide bonds. The molecule has 2 heteroatoms. The van der Waals surface area contributed by atoms with Gasteiger partial charge in [0.25, 0.3) is 0 Å². The Morgan fingerprint density at radius 2 is 2.47 bits per heavy atom. The van der Waals surface area contributed by atoms with Gasteiger partial charge in [-0.15, -0.1) is 17.9 Å². The Bertz CT molecular complexity index is 356. The first-order valence-corrected chi connectivity index (χ1v) is 7.08. The molecule has 0 aliphatic carbocycles. The minimum atomic E-state index is 0.769. The van der Waals surface area contributed by atoms with Gasteiger partial charge in [0, 0.05) is 0 Å². The smallest absolute Gasteiger partial charge is 0.0768 e. The lowest BCUT2D eigenvalue weighted by atomic mass is 9.99. The van der Waals surface area contributed by atoms with Crippen molar-refractivity contribution in [2.24, 2.45) is 5.92 Å². The van der Waals surface area contributed by atoms with Crippen LogP contribution in [0, 0.1) is 17.8 Å². The summed E-state index contributed by atoms with van der Waals surface area (Å²) in [7, 11) is 0. The molecule has 92 valence electrons. The second-order valence-corrected chi connectivity index (χ2v) is 4.99. The fourth-order valence-electron chi connectivity index (χ4n) is 1.66. The van der Waals surface area contributed by atoms with Crippen molar-refractivity contribution in [1.82, 2.24) is 5.32 Å². The number of hydrogen-bond acceptors (Lipinski definition) is 2. The van der Waals surface area contributed by atoms with Crippen molar-refractivity contribution in [3.8, 4) is 11.8 Å². The number of allylic oxidation sites excluding steroid dienone is 1. The number of thiophene rings is 1. The average molecular weight is 247 g/mol. The zero-order chi connectivity index (χ0) is 12.3. The van der Waals surface area contributed by atoms with Gasteiger partial charge in [-0.3, -0.25) is 0 Å². The molecule has 0 aliphatic heterocycles. The van der Waals surface area contributed by atoms with E-state index >= 15 is 0 Å². The lowest BCUT2D eigenvalue weighted by Gasteiger charge is -2.11. The second kappa shape index (κ2) is 9.04. The number of hydrogen-bond donors (Lipinski definition) is 1. The third-order valence-electron chi connectivity index (χ3n) is 2.75. The van der Waals surface area contributed by atoms with Gasteiger partial charge in [0.05, 0.1) is 11.4 Å². The van der Waals surface area contributed by atoms with Gasteiger partial charge in [0.1, 0.15) is 0 Å². The van der Waals surface area contributed by atoms with Crippen molar-refractivity contribution in [3.63, 3.8) is 0 Å². The summed E-state index contributed by atoms with van der Waals surface area (Å²) in [6.45, 7) is 7.86. The topological polar surface area (TPSA) is 12.0 Å². The van der Waals surface area contributed by atoms with Gasteiger partial charge in [0.2, 0.25) is 0 Å². The molecule has 1 aromatic heterocycles. The zero-order valence-electron chi connectivity index (χ0n) is 10.5. The summed E-state index contributed by atoms with van der Waals surface area (Å²) in [6, 6.07) is 4.08. The van der Waals surface area contributed by atoms with E-state index in [9.17, 15) is 0 Å². The van der Waals surface area contributed by atoms with Gasteiger partial charge < -0.3 is 5.32 Å². The van der Waals surface area contributed by atoms with E-state index in [1.807, 2.05) is 12.1 Å². The fraction of sp³-hybridized carbons (Fsp3) is 0.467. The fourth-order valence-corrected chi connectivity index (χ4v) is 2.25. The number of rotatable bonds is 7. The molecule has 1 heterocycles. The molecule has 1 aromatic rings. The van der Waals surface area contributed by atoms with Crippen LogP contribution in [0.1, 0.15) is 31.1 Å².